The van der Waals surface area contributed by atoms with Gasteiger partial charge < -0.3 is 20.6 Å². The molecule has 0 spiro atoms. The molecule has 3 N–H and O–H groups in total. The lowest BCUT2D eigenvalue weighted by Crippen LogP contribution is -2.69. The Hall–Kier alpha value is -2.98. The largest absolute Gasteiger partial charge is 0.469 e. The number of nitrogens with one attached hydrogen (secondary N) is 2. The Kier molecular flexibility index (Phi) is 7.99. The molecule has 2 saturated heterocycles. The van der Waals surface area contributed by atoms with E-state index in [0.29, 0.717) is 41.2 Å². The predicted octanol–water partition coefficient (Wildman–Crippen LogP) is 3.60. The molecule has 10 heteroatoms. The fraction of sp³-hybridized carbons (Fsp3) is 0.429. The molecule has 2 heterocycles. The highest BCUT2D eigenvalue weighted by atomic mass is 32.2. The fourth-order valence-electron chi connectivity index (χ4n) is 6.12. The summed E-state index contributed by atoms with van der Waals surface area (Å²) in [6.07, 6.45) is 1.73. The standard InChI is InChI=1S/C28H31N3O5S2/c1-36-21(32)14-8-13-19-23-22(20(15-37-23)29-26(33)17-9-4-2-5-10-17)28(16-38-24(19)25(28)31-35)30-27(34)18-11-6-3-7-12-18/h2-7,9-12,19-20,22-24,35H,8,13-16H2,1H3,(H,29,33)(H,30,34)/b31-25-/t19-,20+,22+,23+,24-,28+/m0/s1. The first-order valence-electron chi connectivity index (χ1n) is 12.7. The fourth-order valence-corrected chi connectivity index (χ4v) is 9.94. The molecule has 8 nitrogen and oxygen atoms in total. The molecule has 2 aromatic carbocycles. The van der Waals surface area contributed by atoms with Crippen LogP contribution in [0.3, 0.4) is 0 Å². The van der Waals surface area contributed by atoms with Gasteiger partial charge in [-0.15, -0.1) is 11.8 Å². The molecule has 3 aliphatic rings. The van der Waals surface area contributed by atoms with Crippen molar-refractivity contribution in [1.29, 1.82) is 0 Å². The van der Waals surface area contributed by atoms with Gasteiger partial charge in [-0.3, -0.25) is 14.4 Å². The second-order valence-corrected chi connectivity index (χ2v) is 12.3. The summed E-state index contributed by atoms with van der Waals surface area (Å²) in [4.78, 5) is 38.4. The van der Waals surface area contributed by atoms with Crippen molar-refractivity contribution >= 4 is 47.0 Å². The van der Waals surface area contributed by atoms with Gasteiger partial charge in [0.1, 0.15) is 0 Å². The van der Waals surface area contributed by atoms with E-state index < -0.39 is 5.54 Å². The molecule has 2 aromatic rings. The number of rotatable bonds is 8. The van der Waals surface area contributed by atoms with Crippen LogP contribution < -0.4 is 10.6 Å². The highest BCUT2D eigenvalue weighted by Gasteiger charge is 2.66. The van der Waals surface area contributed by atoms with Crippen molar-refractivity contribution in [3.05, 3.63) is 71.8 Å². The number of hydrogen-bond acceptors (Lipinski definition) is 8. The Labute approximate surface area is 230 Å². The summed E-state index contributed by atoms with van der Waals surface area (Å²) in [6, 6.07) is 17.8. The SMILES string of the molecule is COC(=O)CCC[C@H]1[C@H]2SC[C@@H](NC(=O)c3ccccc3)[C@H]2[C@]2(NC(=O)c3ccccc3)CS[C@@H]1/C2=N/O. The monoisotopic (exact) mass is 553 g/mol. The third-order valence-electron chi connectivity index (χ3n) is 7.83. The normalized spacial score (nSPS) is 30.4. The maximum absolute atomic E-state index is 13.5. The average Bonchev–Trinajstić information content (AvgIpc) is 3.50. The van der Waals surface area contributed by atoms with Gasteiger partial charge in [0, 0.05) is 46.3 Å². The molecule has 5 rings (SSSR count). The summed E-state index contributed by atoms with van der Waals surface area (Å²) in [7, 11) is 1.39. The number of ether oxygens (including phenoxy) is 1. The van der Waals surface area contributed by atoms with Crippen LogP contribution in [0, 0.1) is 11.8 Å². The van der Waals surface area contributed by atoms with E-state index in [9.17, 15) is 19.6 Å². The number of oxime groups is 1. The molecule has 1 aliphatic carbocycles. The van der Waals surface area contributed by atoms with Crippen LogP contribution in [0.5, 0.6) is 0 Å². The van der Waals surface area contributed by atoms with E-state index in [1.807, 2.05) is 36.4 Å². The highest BCUT2D eigenvalue weighted by molar-refractivity contribution is 8.02. The molecule has 6 atom stereocenters. The maximum atomic E-state index is 13.5. The second-order valence-electron chi connectivity index (χ2n) is 9.91. The highest BCUT2D eigenvalue weighted by Crippen LogP contribution is 2.57. The third kappa shape index (κ3) is 4.91. The summed E-state index contributed by atoms with van der Waals surface area (Å²) in [5.41, 5.74) is 0.750. The average molecular weight is 554 g/mol. The number of methoxy groups -OCH3 is 1. The van der Waals surface area contributed by atoms with E-state index in [1.54, 1.807) is 47.8 Å². The quantitative estimate of drug-likeness (QED) is 0.260. The number of carbonyl (C=O) groups is 3. The summed E-state index contributed by atoms with van der Waals surface area (Å²) in [5, 5.41) is 20.6. The molecule has 1 saturated carbocycles. The van der Waals surface area contributed by atoms with E-state index in [0.717, 1.165) is 6.42 Å². The van der Waals surface area contributed by atoms with Gasteiger partial charge in [0.2, 0.25) is 0 Å². The molecule has 0 radical (unpaired) electrons. The number of benzene rings is 2. The zero-order valence-electron chi connectivity index (χ0n) is 21.0. The van der Waals surface area contributed by atoms with Gasteiger partial charge in [-0.2, -0.15) is 11.8 Å². The van der Waals surface area contributed by atoms with Crippen molar-refractivity contribution in [3.8, 4) is 0 Å². The molecule has 0 aromatic heterocycles. The van der Waals surface area contributed by atoms with Gasteiger partial charge in [0.15, 0.2) is 0 Å². The summed E-state index contributed by atoms with van der Waals surface area (Å²) >= 11 is 3.47. The lowest BCUT2D eigenvalue weighted by Gasteiger charge is -2.48. The Balaban J connectivity index is 1.47. The van der Waals surface area contributed by atoms with Crippen molar-refractivity contribution in [1.82, 2.24) is 10.6 Å². The van der Waals surface area contributed by atoms with Crippen molar-refractivity contribution in [2.45, 2.75) is 41.3 Å². The minimum absolute atomic E-state index is 0.0916. The summed E-state index contributed by atoms with van der Waals surface area (Å²) in [5.74, 6) is 0.508. The van der Waals surface area contributed by atoms with Crippen LogP contribution in [0.4, 0.5) is 0 Å². The van der Waals surface area contributed by atoms with E-state index in [1.165, 1.54) is 7.11 Å². The zero-order chi connectivity index (χ0) is 26.7. The smallest absolute Gasteiger partial charge is 0.305 e. The second kappa shape index (κ2) is 11.4. The van der Waals surface area contributed by atoms with Gasteiger partial charge in [0.05, 0.1) is 23.6 Å². The van der Waals surface area contributed by atoms with Crippen molar-refractivity contribution in [2.24, 2.45) is 17.0 Å². The molecule has 2 amide bonds. The van der Waals surface area contributed by atoms with Gasteiger partial charge >= 0.3 is 5.97 Å². The van der Waals surface area contributed by atoms with Crippen LogP contribution >= 0.6 is 23.5 Å². The Morgan fingerprint density at radius 3 is 2.32 bits per heavy atom. The van der Waals surface area contributed by atoms with E-state index in [-0.39, 0.29) is 46.2 Å². The van der Waals surface area contributed by atoms with Crippen LogP contribution in [0.1, 0.15) is 40.0 Å². The first kappa shape index (κ1) is 26.6. The first-order chi connectivity index (χ1) is 18.5. The van der Waals surface area contributed by atoms with Crippen LogP contribution in [0.2, 0.25) is 0 Å². The minimum Gasteiger partial charge on any atom is -0.469 e. The van der Waals surface area contributed by atoms with Crippen LogP contribution in [0.15, 0.2) is 65.8 Å². The van der Waals surface area contributed by atoms with Crippen molar-refractivity contribution in [2.75, 3.05) is 18.6 Å². The number of fused-ring (bicyclic) bond motifs is 4. The third-order valence-corrected chi connectivity index (χ3v) is 11.0. The number of amides is 2. The lowest BCUT2D eigenvalue weighted by molar-refractivity contribution is -0.140. The lowest BCUT2D eigenvalue weighted by atomic mass is 9.64. The number of hydrogen-bond donors (Lipinski definition) is 3. The maximum Gasteiger partial charge on any atom is 0.305 e. The molecule has 2 aliphatic heterocycles. The topological polar surface area (TPSA) is 117 Å². The minimum atomic E-state index is -0.904. The van der Waals surface area contributed by atoms with Gasteiger partial charge in [0.25, 0.3) is 11.8 Å². The Morgan fingerprint density at radius 2 is 1.68 bits per heavy atom. The molecule has 3 fully saturated rings. The van der Waals surface area contributed by atoms with E-state index in [4.69, 9.17) is 4.74 Å². The van der Waals surface area contributed by atoms with Crippen LogP contribution in [-0.2, 0) is 9.53 Å². The Bertz CT molecular complexity index is 1210. The van der Waals surface area contributed by atoms with Crippen LogP contribution in [0.25, 0.3) is 0 Å². The van der Waals surface area contributed by atoms with E-state index >= 15 is 0 Å². The number of carbonyl (C=O) groups excluding carboxylic acids is 3. The van der Waals surface area contributed by atoms with Gasteiger partial charge in [-0.1, -0.05) is 41.6 Å². The number of thioether (sulfide) groups is 2. The molecule has 0 unspecified atom stereocenters. The molecular formula is C28H31N3O5S2. The first-order valence-corrected chi connectivity index (χ1v) is 14.8. The van der Waals surface area contributed by atoms with Gasteiger partial charge in [-0.05, 0) is 43.0 Å². The van der Waals surface area contributed by atoms with Crippen molar-refractivity contribution < 1.29 is 24.3 Å². The molecular weight excluding hydrogens is 522 g/mol. The Morgan fingerprint density at radius 1 is 1.03 bits per heavy atom. The summed E-state index contributed by atoms with van der Waals surface area (Å²) < 4.78 is 4.83. The molecule has 2 bridgehead atoms. The molecule has 38 heavy (non-hydrogen) atoms. The van der Waals surface area contributed by atoms with Crippen LogP contribution in [-0.4, -0.2) is 69.4 Å². The van der Waals surface area contributed by atoms with Gasteiger partial charge in [-0.25, -0.2) is 0 Å². The number of esters is 1. The van der Waals surface area contributed by atoms with E-state index in [2.05, 4.69) is 15.8 Å². The van der Waals surface area contributed by atoms with Crippen molar-refractivity contribution in [3.63, 3.8) is 0 Å². The number of nitrogens with zero attached hydrogens (tertiary/aromatic N) is 1. The zero-order valence-corrected chi connectivity index (χ0v) is 22.7. The predicted molar refractivity (Wildman–Crippen MR) is 149 cm³/mol. The molecule has 200 valence electrons. The summed E-state index contributed by atoms with van der Waals surface area (Å²) in [6.45, 7) is 0.